The summed E-state index contributed by atoms with van der Waals surface area (Å²) in [6, 6.07) is 4.67. The highest BCUT2D eigenvalue weighted by molar-refractivity contribution is 14.0. The van der Waals surface area contributed by atoms with Crippen molar-refractivity contribution in [2.75, 3.05) is 6.54 Å². The summed E-state index contributed by atoms with van der Waals surface area (Å²) in [5, 5.41) is 7.99. The molecule has 0 saturated heterocycles. The Bertz CT molecular complexity index is 642. The molecule has 0 atom stereocenters. The number of rotatable bonds is 5. The van der Waals surface area contributed by atoms with Gasteiger partial charge in [-0.2, -0.15) is 0 Å². The Balaban J connectivity index is 0.00000400. The van der Waals surface area contributed by atoms with Gasteiger partial charge >= 0.3 is 0 Å². The number of aliphatic imine (C=N–C) groups is 1. The van der Waals surface area contributed by atoms with Gasteiger partial charge in [-0.15, -0.1) is 24.0 Å². The van der Waals surface area contributed by atoms with Crippen molar-refractivity contribution >= 4 is 40.0 Å². The number of halogens is 1. The fourth-order valence-electron chi connectivity index (χ4n) is 1.49. The third-order valence-electron chi connectivity index (χ3n) is 2.63. The molecule has 0 saturated carbocycles. The third kappa shape index (κ3) is 6.91. The summed E-state index contributed by atoms with van der Waals surface area (Å²) < 4.78 is 22.4. The fourth-order valence-corrected chi connectivity index (χ4v) is 2.09. The predicted molar refractivity (Wildman–Crippen MR) is 96.1 cm³/mol. The standard InChI is InChI=1S/C13H20N4O2S.HI/c1-9(2)7-16-13(14)17-8-11-4-5-12(6-10(11)3)20(15,18)19;/h4-6H,1,7-8H2,2-3H3,(H3,14,16,17)(H2,15,18,19);1H. The minimum atomic E-state index is -3.67. The minimum Gasteiger partial charge on any atom is -0.370 e. The number of aryl methyl sites for hydroxylation is 1. The number of sulfonamides is 1. The van der Waals surface area contributed by atoms with Gasteiger partial charge in [0.2, 0.25) is 10.0 Å². The zero-order chi connectivity index (χ0) is 15.3. The number of hydrogen-bond acceptors (Lipinski definition) is 3. The van der Waals surface area contributed by atoms with Crippen LogP contribution in [0.3, 0.4) is 0 Å². The third-order valence-corrected chi connectivity index (χ3v) is 3.54. The number of primary sulfonamides is 1. The molecule has 118 valence electrons. The normalized spacial score (nSPS) is 11.7. The summed E-state index contributed by atoms with van der Waals surface area (Å²) in [6.45, 7) is 8.37. The lowest BCUT2D eigenvalue weighted by molar-refractivity contribution is 0.597. The van der Waals surface area contributed by atoms with Gasteiger partial charge < -0.3 is 11.1 Å². The predicted octanol–water partition coefficient (Wildman–Crippen LogP) is 1.24. The molecule has 1 aromatic rings. The first-order chi connectivity index (χ1) is 9.20. The smallest absolute Gasteiger partial charge is 0.238 e. The Hall–Kier alpha value is -1.13. The van der Waals surface area contributed by atoms with Gasteiger partial charge in [0.15, 0.2) is 5.96 Å². The molecular formula is C13H21IN4O2S. The topological polar surface area (TPSA) is 111 Å². The van der Waals surface area contributed by atoms with E-state index in [0.717, 1.165) is 16.7 Å². The molecule has 0 radical (unpaired) electrons. The summed E-state index contributed by atoms with van der Waals surface area (Å²) in [5.41, 5.74) is 8.34. The van der Waals surface area contributed by atoms with Gasteiger partial charge in [0.05, 0.1) is 11.4 Å². The molecule has 0 aliphatic heterocycles. The van der Waals surface area contributed by atoms with Gasteiger partial charge in [-0.05, 0) is 37.1 Å². The summed E-state index contributed by atoms with van der Waals surface area (Å²) in [6.07, 6.45) is 0. The van der Waals surface area contributed by atoms with Gasteiger partial charge in [-0.3, -0.25) is 0 Å². The van der Waals surface area contributed by atoms with E-state index in [1.807, 2.05) is 6.92 Å². The molecule has 0 aliphatic carbocycles. The lowest BCUT2D eigenvalue weighted by Crippen LogP contribution is -2.32. The Labute approximate surface area is 142 Å². The molecule has 0 unspecified atom stereocenters. The SMILES string of the molecule is C=C(C)CNC(N)=NCc1ccc(S(N)(=O)=O)cc1C.I. The van der Waals surface area contributed by atoms with Crippen molar-refractivity contribution in [3.8, 4) is 0 Å². The van der Waals surface area contributed by atoms with Gasteiger partial charge in [0.25, 0.3) is 0 Å². The van der Waals surface area contributed by atoms with Crippen LogP contribution in [0.1, 0.15) is 18.1 Å². The largest absolute Gasteiger partial charge is 0.370 e. The average molecular weight is 424 g/mol. The lowest BCUT2D eigenvalue weighted by atomic mass is 10.1. The minimum absolute atomic E-state index is 0. The molecule has 0 aliphatic rings. The van der Waals surface area contributed by atoms with Crippen LogP contribution in [-0.4, -0.2) is 20.9 Å². The molecule has 6 nitrogen and oxygen atoms in total. The first kappa shape index (κ1) is 19.9. The first-order valence-electron chi connectivity index (χ1n) is 6.00. The summed E-state index contributed by atoms with van der Waals surface area (Å²) >= 11 is 0. The van der Waals surface area contributed by atoms with E-state index < -0.39 is 10.0 Å². The van der Waals surface area contributed by atoms with E-state index in [0.29, 0.717) is 19.0 Å². The Morgan fingerprint density at radius 1 is 1.43 bits per heavy atom. The number of nitrogens with two attached hydrogens (primary N) is 2. The van der Waals surface area contributed by atoms with Crippen LogP contribution in [0.5, 0.6) is 0 Å². The van der Waals surface area contributed by atoms with Crippen LogP contribution >= 0.6 is 24.0 Å². The Morgan fingerprint density at radius 2 is 2.05 bits per heavy atom. The van der Waals surface area contributed by atoms with E-state index in [1.165, 1.54) is 12.1 Å². The Kier molecular flexibility index (Phi) is 7.90. The van der Waals surface area contributed by atoms with Crippen LogP contribution < -0.4 is 16.2 Å². The zero-order valence-electron chi connectivity index (χ0n) is 12.1. The second-order valence-electron chi connectivity index (χ2n) is 4.65. The van der Waals surface area contributed by atoms with E-state index in [-0.39, 0.29) is 28.9 Å². The maximum atomic E-state index is 11.2. The number of guanidine groups is 1. The van der Waals surface area contributed by atoms with Crippen molar-refractivity contribution in [3.05, 3.63) is 41.5 Å². The van der Waals surface area contributed by atoms with E-state index in [1.54, 1.807) is 13.0 Å². The zero-order valence-corrected chi connectivity index (χ0v) is 15.2. The van der Waals surface area contributed by atoms with Crippen LogP contribution in [0.2, 0.25) is 0 Å². The van der Waals surface area contributed by atoms with E-state index in [4.69, 9.17) is 10.9 Å². The quantitative estimate of drug-likeness (QED) is 0.286. The molecule has 0 spiro atoms. The van der Waals surface area contributed by atoms with Crippen molar-refractivity contribution in [1.29, 1.82) is 0 Å². The molecule has 0 aromatic heterocycles. The molecule has 1 rings (SSSR count). The molecule has 21 heavy (non-hydrogen) atoms. The fraction of sp³-hybridized carbons (Fsp3) is 0.308. The van der Waals surface area contributed by atoms with Crippen molar-refractivity contribution < 1.29 is 8.42 Å². The molecule has 5 N–H and O–H groups in total. The van der Waals surface area contributed by atoms with E-state index in [2.05, 4.69) is 16.9 Å². The number of nitrogens with one attached hydrogen (secondary N) is 1. The second-order valence-corrected chi connectivity index (χ2v) is 6.21. The summed E-state index contributed by atoms with van der Waals surface area (Å²) in [7, 11) is -3.67. The number of nitrogens with zero attached hydrogens (tertiary/aromatic N) is 1. The van der Waals surface area contributed by atoms with Crippen molar-refractivity contribution in [2.45, 2.75) is 25.3 Å². The molecule has 0 fully saturated rings. The number of benzene rings is 1. The highest BCUT2D eigenvalue weighted by Gasteiger charge is 2.09. The van der Waals surface area contributed by atoms with E-state index >= 15 is 0 Å². The van der Waals surface area contributed by atoms with Gasteiger partial charge in [0.1, 0.15) is 0 Å². The Morgan fingerprint density at radius 3 is 2.52 bits per heavy atom. The summed E-state index contributed by atoms with van der Waals surface area (Å²) in [5.74, 6) is 0.322. The van der Waals surface area contributed by atoms with Crippen LogP contribution in [-0.2, 0) is 16.6 Å². The monoisotopic (exact) mass is 424 g/mol. The van der Waals surface area contributed by atoms with Gasteiger partial charge in [0, 0.05) is 6.54 Å². The van der Waals surface area contributed by atoms with Crippen LogP contribution in [0, 0.1) is 6.92 Å². The maximum Gasteiger partial charge on any atom is 0.238 e. The van der Waals surface area contributed by atoms with Crippen LogP contribution in [0.15, 0.2) is 40.2 Å². The van der Waals surface area contributed by atoms with Crippen LogP contribution in [0.4, 0.5) is 0 Å². The first-order valence-corrected chi connectivity index (χ1v) is 7.55. The van der Waals surface area contributed by atoms with Gasteiger partial charge in [-0.1, -0.05) is 18.2 Å². The molecule has 8 heteroatoms. The highest BCUT2D eigenvalue weighted by Crippen LogP contribution is 2.15. The maximum absolute atomic E-state index is 11.2. The van der Waals surface area contributed by atoms with Crippen LogP contribution in [0.25, 0.3) is 0 Å². The van der Waals surface area contributed by atoms with Crippen molar-refractivity contribution in [3.63, 3.8) is 0 Å². The van der Waals surface area contributed by atoms with Crippen molar-refractivity contribution in [1.82, 2.24) is 5.32 Å². The summed E-state index contributed by atoms with van der Waals surface area (Å²) in [4.78, 5) is 4.27. The average Bonchev–Trinajstić information content (AvgIpc) is 2.33. The molecule has 0 heterocycles. The molecule has 1 aromatic carbocycles. The molecular weight excluding hydrogens is 403 g/mol. The number of hydrogen-bond donors (Lipinski definition) is 3. The second kappa shape index (κ2) is 8.35. The molecule has 0 amide bonds. The van der Waals surface area contributed by atoms with Crippen molar-refractivity contribution in [2.24, 2.45) is 15.9 Å². The highest BCUT2D eigenvalue weighted by atomic mass is 127. The molecule has 0 bridgehead atoms. The lowest BCUT2D eigenvalue weighted by Gasteiger charge is -2.07. The van der Waals surface area contributed by atoms with Gasteiger partial charge in [-0.25, -0.2) is 18.5 Å². The van der Waals surface area contributed by atoms with E-state index in [9.17, 15) is 8.42 Å².